The molecule has 0 radical (unpaired) electrons. The van der Waals surface area contributed by atoms with Gasteiger partial charge in [0.2, 0.25) is 0 Å². The number of nitrogens with zero attached hydrogens (tertiary/aromatic N) is 4. The van der Waals surface area contributed by atoms with Crippen molar-refractivity contribution in [1.29, 1.82) is 0 Å². The Kier molecular flexibility index (Phi) is 5.66. The predicted octanol–water partition coefficient (Wildman–Crippen LogP) is 3.69. The molecule has 11 heteroatoms. The lowest BCUT2D eigenvalue weighted by Gasteiger charge is -2.05. The summed E-state index contributed by atoms with van der Waals surface area (Å²) in [7, 11) is 0. The number of carboxylic acids is 1. The number of benzene rings is 1. The van der Waals surface area contributed by atoms with Crippen LogP contribution >= 0.6 is 0 Å². The van der Waals surface area contributed by atoms with E-state index in [9.17, 15) is 13.2 Å². The normalized spacial score (nSPS) is 11.3. The number of carboxylic acid groups (broad SMARTS) is 1. The van der Waals surface area contributed by atoms with Crippen LogP contribution in [0.1, 0.15) is 13.3 Å². The molecular formula is C18H16F3N5O3. The summed E-state index contributed by atoms with van der Waals surface area (Å²) >= 11 is 0. The topological polar surface area (TPSA) is 105 Å². The van der Waals surface area contributed by atoms with Gasteiger partial charge < -0.3 is 14.8 Å². The van der Waals surface area contributed by atoms with Crippen molar-refractivity contribution in [2.45, 2.75) is 19.5 Å². The first kappa shape index (κ1) is 20.1. The molecule has 3 aromatic heterocycles. The highest BCUT2D eigenvalue weighted by Gasteiger charge is 2.38. The fraction of sp³-hybridized carbons (Fsp3) is 0.222. The molecule has 29 heavy (non-hydrogen) atoms. The van der Waals surface area contributed by atoms with Crippen molar-refractivity contribution in [3.63, 3.8) is 0 Å². The van der Waals surface area contributed by atoms with E-state index in [1.54, 1.807) is 6.20 Å². The first-order valence-electron chi connectivity index (χ1n) is 8.52. The Morgan fingerprint density at radius 2 is 1.90 bits per heavy atom. The second kappa shape index (κ2) is 8.17. The zero-order valence-corrected chi connectivity index (χ0v) is 15.1. The third-order valence-corrected chi connectivity index (χ3v) is 3.77. The van der Waals surface area contributed by atoms with E-state index in [1.165, 1.54) is 0 Å². The van der Waals surface area contributed by atoms with Crippen LogP contribution in [0.5, 0.6) is 5.75 Å². The maximum Gasteiger partial charge on any atom is 0.490 e. The summed E-state index contributed by atoms with van der Waals surface area (Å²) in [5, 5.41) is 15.6. The van der Waals surface area contributed by atoms with E-state index in [1.807, 2.05) is 40.9 Å². The first-order chi connectivity index (χ1) is 13.8. The molecular weight excluding hydrogens is 391 g/mol. The lowest BCUT2D eigenvalue weighted by Crippen LogP contribution is -2.21. The average molecular weight is 407 g/mol. The number of hydrogen-bond acceptors (Lipinski definition) is 5. The quantitative estimate of drug-likeness (QED) is 0.535. The van der Waals surface area contributed by atoms with Gasteiger partial charge in [-0.15, -0.1) is 10.2 Å². The molecule has 0 amide bonds. The lowest BCUT2D eigenvalue weighted by atomic mass is 10.2. The number of fused-ring (bicyclic) bond motifs is 3. The molecule has 0 atom stereocenters. The van der Waals surface area contributed by atoms with Gasteiger partial charge in [0.25, 0.3) is 0 Å². The number of hydrogen-bond donors (Lipinski definition) is 2. The van der Waals surface area contributed by atoms with Crippen LogP contribution in [0.25, 0.3) is 28.2 Å². The minimum Gasteiger partial charge on any atom is -0.494 e. The second-order valence-corrected chi connectivity index (χ2v) is 5.86. The monoisotopic (exact) mass is 407 g/mol. The van der Waals surface area contributed by atoms with Crippen molar-refractivity contribution in [2.24, 2.45) is 0 Å². The van der Waals surface area contributed by atoms with Gasteiger partial charge in [-0.25, -0.2) is 9.78 Å². The van der Waals surface area contributed by atoms with E-state index >= 15 is 0 Å². The predicted molar refractivity (Wildman–Crippen MR) is 97.6 cm³/mol. The fourth-order valence-corrected chi connectivity index (χ4v) is 2.48. The maximum absolute atomic E-state index is 10.6. The van der Waals surface area contributed by atoms with Crippen LogP contribution in [-0.4, -0.2) is 48.4 Å². The highest BCUT2D eigenvalue weighted by Crippen LogP contribution is 2.24. The number of ether oxygens (including phenoxy) is 1. The largest absolute Gasteiger partial charge is 0.494 e. The maximum atomic E-state index is 10.6. The van der Waals surface area contributed by atoms with E-state index in [0.717, 1.165) is 47.0 Å². The van der Waals surface area contributed by atoms with Gasteiger partial charge in [0.1, 0.15) is 5.75 Å². The number of alkyl halides is 3. The molecule has 0 saturated heterocycles. The van der Waals surface area contributed by atoms with Crippen molar-refractivity contribution >= 4 is 22.8 Å². The summed E-state index contributed by atoms with van der Waals surface area (Å²) in [6.45, 7) is 2.82. The van der Waals surface area contributed by atoms with Gasteiger partial charge in [0, 0.05) is 11.8 Å². The highest BCUT2D eigenvalue weighted by atomic mass is 19.4. The molecule has 0 aliphatic rings. The lowest BCUT2D eigenvalue weighted by molar-refractivity contribution is -0.192. The molecule has 4 rings (SSSR count). The summed E-state index contributed by atoms with van der Waals surface area (Å²) in [6, 6.07) is 9.89. The van der Waals surface area contributed by atoms with Crippen LogP contribution in [-0.2, 0) is 4.79 Å². The van der Waals surface area contributed by atoms with Gasteiger partial charge in [-0.1, -0.05) is 6.92 Å². The Morgan fingerprint density at radius 1 is 1.21 bits per heavy atom. The molecule has 0 fully saturated rings. The summed E-state index contributed by atoms with van der Waals surface area (Å²) in [4.78, 5) is 16.3. The molecule has 0 spiro atoms. The van der Waals surface area contributed by atoms with Gasteiger partial charge in [-0.2, -0.15) is 13.2 Å². The highest BCUT2D eigenvalue weighted by molar-refractivity contribution is 5.77. The van der Waals surface area contributed by atoms with Crippen molar-refractivity contribution in [2.75, 3.05) is 6.61 Å². The van der Waals surface area contributed by atoms with Crippen LogP contribution in [0.2, 0.25) is 0 Å². The summed E-state index contributed by atoms with van der Waals surface area (Å²) < 4.78 is 39.4. The molecule has 8 nitrogen and oxygen atoms in total. The molecule has 2 N–H and O–H groups in total. The van der Waals surface area contributed by atoms with Crippen molar-refractivity contribution in [3.8, 4) is 17.1 Å². The van der Waals surface area contributed by atoms with Crippen molar-refractivity contribution in [3.05, 3.63) is 42.7 Å². The third-order valence-electron chi connectivity index (χ3n) is 3.77. The number of aromatic amines is 1. The Labute approximate surface area is 162 Å². The number of H-pyrrole nitrogens is 1. The summed E-state index contributed by atoms with van der Waals surface area (Å²) in [5.41, 5.74) is 3.50. The number of nitrogens with one attached hydrogen (secondary N) is 1. The van der Waals surface area contributed by atoms with E-state index in [2.05, 4.69) is 27.1 Å². The average Bonchev–Trinajstić information content (AvgIpc) is 3.32. The molecule has 152 valence electrons. The number of aromatic nitrogens is 5. The van der Waals surface area contributed by atoms with Crippen LogP contribution in [0.4, 0.5) is 13.2 Å². The van der Waals surface area contributed by atoms with Crippen LogP contribution in [0.3, 0.4) is 0 Å². The van der Waals surface area contributed by atoms with E-state index in [0.29, 0.717) is 0 Å². The minimum atomic E-state index is -5.08. The minimum absolute atomic E-state index is 0.725. The molecule has 0 unspecified atom stereocenters. The fourth-order valence-electron chi connectivity index (χ4n) is 2.48. The van der Waals surface area contributed by atoms with E-state index < -0.39 is 12.1 Å². The third kappa shape index (κ3) is 4.45. The number of carbonyl (C=O) groups is 1. The molecule has 0 bridgehead atoms. The van der Waals surface area contributed by atoms with Gasteiger partial charge in [0.15, 0.2) is 17.1 Å². The smallest absolute Gasteiger partial charge is 0.490 e. The Bertz CT molecular complexity index is 1120. The zero-order chi connectivity index (χ0) is 21.0. The number of rotatable bonds is 4. The standard InChI is InChI=1S/C16H15N5O.C2HF3O2/c1-2-9-22-12-5-3-11(4-6-12)16-20-19-14-10-18-15-13(21(14)16)7-8-17-15;3-2(4,5)1(6)7/h3-8,10,17H,2,9H2,1H3;(H,6,7). The van der Waals surface area contributed by atoms with E-state index in [4.69, 9.17) is 14.6 Å². The summed E-state index contributed by atoms with van der Waals surface area (Å²) in [6.07, 6.45) is -0.508. The van der Waals surface area contributed by atoms with Crippen LogP contribution in [0.15, 0.2) is 42.7 Å². The Morgan fingerprint density at radius 3 is 2.52 bits per heavy atom. The van der Waals surface area contributed by atoms with Gasteiger partial charge in [0.05, 0.1) is 18.3 Å². The number of aliphatic carboxylic acids is 1. The summed E-state index contributed by atoms with van der Waals surface area (Å²) in [5.74, 6) is -1.09. The molecule has 4 aromatic rings. The first-order valence-corrected chi connectivity index (χ1v) is 8.52. The molecule has 3 heterocycles. The van der Waals surface area contributed by atoms with Gasteiger partial charge in [-0.05, 0) is 36.8 Å². The SMILES string of the molecule is CCCOc1ccc(-c2nnc3cnc4[nH]ccc4n23)cc1.O=C(O)C(F)(F)F. The van der Waals surface area contributed by atoms with Crippen LogP contribution in [0, 0.1) is 0 Å². The zero-order valence-electron chi connectivity index (χ0n) is 15.1. The number of halogens is 3. The van der Waals surface area contributed by atoms with Crippen molar-refractivity contribution in [1.82, 2.24) is 24.6 Å². The Balaban J connectivity index is 0.000000298. The van der Waals surface area contributed by atoms with Crippen LogP contribution < -0.4 is 4.74 Å². The van der Waals surface area contributed by atoms with Gasteiger partial charge in [-0.3, -0.25) is 4.40 Å². The van der Waals surface area contributed by atoms with Gasteiger partial charge >= 0.3 is 12.1 Å². The molecule has 0 aliphatic carbocycles. The second-order valence-electron chi connectivity index (χ2n) is 5.86. The molecule has 0 saturated carbocycles. The van der Waals surface area contributed by atoms with E-state index in [-0.39, 0.29) is 0 Å². The molecule has 0 aliphatic heterocycles. The van der Waals surface area contributed by atoms with Crippen molar-refractivity contribution < 1.29 is 27.8 Å². The Hall–Kier alpha value is -3.63. The molecule has 1 aromatic carbocycles.